The number of ether oxygens (including phenoxy) is 1. The van der Waals surface area contributed by atoms with E-state index in [0.717, 1.165) is 6.61 Å². The maximum absolute atomic E-state index is 5.11. The molecule has 10 heavy (non-hydrogen) atoms. The summed E-state index contributed by atoms with van der Waals surface area (Å²) in [7, 11) is 0. The van der Waals surface area contributed by atoms with Gasteiger partial charge in [-0.15, -0.1) is 0 Å². The average molecular weight is 159 g/mol. The molecule has 1 rings (SSSR count). The summed E-state index contributed by atoms with van der Waals surface area (Å²) in [6, 6.07) is 0.442. The smallest absolute Gasteiger partial charge is 0.257 e. The minimum absolute atomic E-state index is 0.442. The molecule has 0 aliphatic carbocycles. The molecule has 1 aliphatic rings. The number of hydrogen-bond acceptors (Lipinski definition) is 2. The fourth-order valence-electron chi connectivity index (χ4n) is 0.991. The van der Waals surface area contributed by atoms with Crippen LogP contribution in [0.4, 0.5) is 0 Å². The molecule has 0 amide bonds. The fourth-order valence-corrected chi connectivity index (χ4v) is 1.21. The summed E-state index contributed by atoms with van der Waals surface area (Å²) in [5.74, 6) is 0.653. The van der Waals surface area contributed by atoms with Gasteiger partial charge in [0.1, 0.15) is 6.61 Å². The minimum atomic E-state index is 0.442. The maximum Gasteiger partial charge on any atom is 0.257 e. The molecule has 1 N–H and O–H groups in total. The van der Waals surface area contributed by atoms with Crippen LogP contribution in [-0.4, -0.2) is 17.8 Å². The zero-order valence-electron chi connectivity index (χ0n) is 6.39. The third-order valence-corrected chi connectivity index (χ3v) is 2.26. The van der Waals surface area contributed by atoms with E-state index in [2.05, 4.69) is 19.2 Å². The quantitative estimate of drug-likeness (QED) is 0.614. The summed E-state index contributed by atoms with van der Waals surface area (Å²) < 4.78 is 5.11. The van der Waals surface area contributed by atoms with Crippen molar-refractivity contribution in [1.82, 2.24) is 5.32 Å². The lowest BCUT2D eigenvalue weighted by Crippen LogP contribution is -2.31. The van der Waals surface area contributed by atoms with Gasteiger partial charge in [-0.3, -0.25) is 0 Å². The molecule has 2 nitrogen and oxygen atoms in total. The molecule has 0 aromatic rings. The highest BCUT2D eigenvalue weighted by Crippen LogP contribution is 2.11. The van der Waals surface area contributed by atoms with E-state index >= 15 is 0 Å². The molecule has 3 heteroatoms. The Kier molecular flexibility index (Phi) is 2.49. The second-order valence-electron chi connectivity index (χ2n) is 2.73. The van der Waals surface area contributed by atoms with Crippen LogP contribution >= 0.6 is 12.2 Å². The van der Waals surface area contributed by atoms with Gasteiger partial charge in [0.15, 0.2) is 0 Å². The largest absolute Gasteiger partial charge is 0.469 e. The Bertz CT molecular complexity index is 138. The summed E-state index contributed by atoms with van der Waals surface area (Å²) >= 11 is 4.83. The van der Waals surface area contributed by atoms with Gasteiger partial charge in [-0.25, -0.2) is 0 Å². The monoisotopic (exact) mass is 159 g/mol. The van der Waals surface area contributed by atoms with Crippen LogP contribution in [0.2, 0.25) is 0 Å². The lowest BCUT2D eigenvalue weighted by Gasteiger charge is -2.13. The molecule has 1 aliphatic heterocycles. The molecule has 0 unspecified atom stereocenters. The van der Waals surface area contributed by atoms with Crippen LogP contribution in [0.15, 0.2) is 0 Å². The Hall–Kier alpha value is -0.310. The topological polar surface area (TPSA) is 21.3 Å². The Morgan fingerprint density at radius 3 is 3.00 bits per heavy atom. The van der Waals surface area contributed by atoms with Crippen molar-refractivity contribution in [2.24, 2.45) is 5.92 Å². The van der Waals surface area contributed by atoms with Gasteiger partial charge in [0.05, 0.1) is 6.04 Å². The second-order valence-corrected chi connectivity index (χ2v) is 3.11. The third-order valence-electron chi connectivity index (χ3n) is 2.03. The van der Waals surface area contributed by atoms with Crippen molar-refractivity contribution in [3.63, 3.8) is 0 Å². The van der Waals surface area contributed by atoms with E-state index in [0.29, 0.717) is 17.1 Å². The van der Waals surface area contributed by atoms with Crippen LogP contribution in [0.5, 0.6) is 0 Å². The van der Waals surface area contributed by atoms with Gasteiger partial charge >= 0.3 is 0 Å². The van der Waals surface area contributed by atoms with Crippen molar-refractivity contribution in [3.8, 4) is 0 Å². The van der Waals surface area contributed by atoms with E-state index in [1.54, 1.807) is 0 Å². The summed E-state index contributed by atoms with van der Waals surface area (Å²) in [5, 5.41) is 3.67. The molecular formula is C7H13NOS. The third kappa shape index (κ3) is 1.59. The zero-order chi connectivity index (χ0) is 7.56. The molecule has 0 spiro atoms. The fraction of sp³-hybridized carbons (Fsp3) is 0.857. The Balaban J connectivity index is 2.36. The molecule has 1 heterocycles. The average Bonchev–Trinajstić information content (AvgIpc) is 2.34. The number of thiocarbonyl (C=S) groups is 1. The normalized spacial score (nSPS) is 27.4. The van der Waals surface area contributed by atoms with Gasteiger partial charge in [-0.2, -0.15) is 0 Å². The molecular weight excluding hydrogens is 146 g/mol. The first-order valence-corrected chi connectivity index (χ1v) is 4.08. The lowest BCUT2D eigenvalue weighted by molar-refractivity contribution is 0.293. The van der Waals surface area contributed by atoms with Gasteiger partial charge in [-0.1, -0.05) is 20.3 Å². The van der Waals surface area contributed by atoms with Gasteiger partial charge in [0, 0.05) is 0 Å². The van der Waals surface area contributed by atoms with Crippen molar-refractivity contribution in [2.45, 2.75) is 26.3 Å². The van der Waals surface area contributed by atoms with Crippen molar-refractivity contribution < 1.29 is 4.74 Å². The van der Waals surface area contributed by atoms with Gasteiger partial charge in [0.2, 0.25) is 0 Å². The lowest BCUT2D eigenvalue weighted by atomic mass is 10.0. The first-order chi connectivity index (χ1) is 4.74. The van der Waals surface area contributed by atoms with Crippen LogP contribution in [-0.2, 0) is 4.74 Å². The molecule has 0 radical (unpaired) electrons. The van der Waals surface area contributed by atoms with Crippen molar-refractivity contribution in [1.29, 1.82) is 0 Å². The van der Waals surface area contributed by atoms with E-state index in [1.807, 2.05) is 0 Å². The Morgan fingerprint density at radius 1 is 1.90 bits per heavy atom. The molecule has 0 saturated carbocycles. The molecule has 0 aromatic heterocycles. The van der Waals surface area contributed by atoms with Crippen LogP contribution in [0, 0.1) is 5.92 Å². The van der Waals surface area contributed by atoms with Gasteiger partial charge < -0.3 is 10.1 Å². The van der Waals surface area contributed by atoms with Crippen LogP contribution in [0.25, 0.3) is 0 Å². The van der Waals surface area contributed by atoms with Gasteiger partial charge in [-0.05, 0) is 18.1 Å². The summed E-state index contributed by atoms with van der Waals surface area (Å²) in [4.78, 5) is 0. The first-order valence-electron chi connectivity index (χ1n) is 3.67. The predicted molar refractivity (Wildman–Crippen MR) is 44.9 cm³/mol. The second kappa shape index (κ2) is 3.19. The molecule has 1 saturated heterocycles. The summed E-state index contributed by atoms with van der Waals surface area (Å²) in [6.45, 7) is 5.12. The zero-order valence-corrected chi connectivity index (χ0v) is 7.20. The first kappa shape index (κ1) is 7.79. The minimum Gasteiger partial charge on any atom is -0.469 e. The number of hydrogen-bond donors (Lipinski definition) is 1. The van der Waals surface area contributed by atoms with E-state index in [9.17, 15) is 0 Å². The highest BCUT2D eigenvalue weighted by Gasteiger charge is 2.23. The van der Waals surface area contributed by atoms with Crippen LogP contribution < -0.4 is 5.32 Å². The highest BCUT2D eigenvalue weighted by molar-refractivity contribution is 7.80. The molecule has 1 fully saturated rings. The van der Waals surface area contributed by atoms with E-state index in [4.69, 9.17) is 17.0 Å². The van der Waals surface area contributed by atoms with E-state index in [1.165, 1.54) is 6.42 Å². The molecule has 58 valence electrons. The van der Waals surface area contributed by atoms with E-state index < -0.39 is 0 Å². The van der Waals surface area contributed by atoms with Crippen molar-refractivity contribution in [3.05, 3.63) is 0 Å². The van der Waals surface area contributed by atoms with Crippen LogP contribution in [0.3, 0.4) is 0 Å². The number of nitrogens with one attached hydrogen (secondary N) is 1. The van der Waals surface area contributed by atoms with Crippen LogP contribution in [0.1, 0.15) is 20.3 Å². The molecule has 0 bridgehead atoms. The van der Waals surface area contributed by atoms with Crippen molar-refractivity contribution >= 4 is 17.4 Å². The van der Waals surface area contributed by atoms with Gasteiger partial charge in [0.25, 0.3) is 5.17 Å². The summed E-state index contributed by atoms with van der Waals surface area (Å²) in [6.07, 6.45) is 1.17. The Morgan fingerprint density at radius 2 is 2.60 bits per heavy atom. The Labute approximate surface area is 66.9 Å². The predicted octanol–water partition coefficient (Wildman–Crippen LogP) is 1.31. The van der Waals surface area contributed by atoms with E-state index in [-0.39, 0.29) is 0 Å². The highest BCUT2D eigenvalue weighted by atomic mass is 32.1. The summed E-state index contributed by atoms with van der Waals surface area (Å²) in [5.41, 5.74) is 0. The van der Waals surface area contributed by atoms with Crippen molar-refractivity contribution in [2.75, 3.05) is 6.61 Å². The molecule has 2 atom stereocenters. The SMILES string of the molecule is CC[C@H](C)[C@H]1COC(=S)N1. The maximum atomic E-state index is 5.11. The standard InChI is InChI=1S/C7H13NOS/c1-3-5(2)6-4-9-7(10)8-6/h5-6H,3-4H2,1-2H3,(H,8,10)/t5-,6+/m0/s1. The number of rotatable bonds is 2. The molecule has 0 aromatic carbocycles.